The van der Waals surface area contributed by atoms with Crippen LogP contribution < -0.4 is 15.4 Å². The zero-order valence-corrected chi connectivity index (χ0v) is 14.1. The average molecular weight is 341 g/mol. The number of hydrogen-bond donors (Lipinski definition) is 2. The fourth-order valence-corrected chi connectivity index (χ4v) is 2.45. The van der Waals surface area contributed by atoms with Crippen LogP contribution in [0.2, 0.25) is 5.02 Å². The van der Waals surface area contributed by atoms with Gasteiger partial charge in [-0.25, -0.2) is 9.97 Å². The summed E-state index contributed by atoms with van der Waals surface area (Å²) in [6, 6.07) is 15.2. The zero-order chi connectivity index (χ0) is 16.9. The number of rotatable bonds is 5. The minimum atomic E-state index is 0.698. The van der Waals surface area contributed by atoms with Crippen LogP contribution >= 0.6 is 11.6 Å². The smallest absolute Gasteiger partial charge is 0.135 e. The molecule has 0 amide bonds. The number of methoxy groups -OCH3 is 1. The lowest BCUT2D eigenvalue weighted by molar-refractivity contribution is 0.415. The van der Waals surface area contributed by atoms with Crippen molar-refractivity contribution >= 4 is 34.6 Å². The Bertz CT molecular complexity index is 837. The number of aryl methyl sites for hydroxylation is 1. The first-order valence-corrected chi connectivity index (χ1v) is 7.78. The van der Waals surface area contributed by atoms with Gasteiger partial charge in [-0.05, 0) is 55.0 Å². The lowest BCUT2D eigenvalue weighted by Gasteiger charge is -2.11. The van der Waals surface area contributed by atoms with E-state index >= 15 is 0 Å². The molecule has 2 aromatic carbocycles. The predicted molar refractivity (Wildman–Crippen MR) is 97.8 cm³/mol. The molecule has 2 N–H and O–H groups in total. The van der Waals surface area contributed by atoms with Crippen LogP contribution in [0.25, 0.3) is 0 Å². The Balaban J connectivity index is 1.75. The maximum absolute atomic E-state index is 5.98. The van der Waals surface area contributed by atoms with Crippen LogP contribution in [-0.2, 0) is 0 Å². The summed E-state index contributed by atoms with van der Waals surface area (Å²) in [6.45, 7) is 1.99. The first kappa shape index (κ1) is 16.1. The maximum atomic E-state index is 5.98. The van der Waals surface area contributed by atoms with Crippen molar-refractivity contribution in [3.05, 3.63) is 65.4 Å². The summed E-state index contributed by atoms with van der Waals surface area (Å²) in [7, 11) is 1.64. The molecule has 0 fully saturated rings. The topological polar surface area (TPSA) is 59.1 Å². The second-order valence-corrected chi connectivity index (χ2v) is 5.66. The van der Waals surface area contributed by atoms with Crippen LogP contribution in [0, 0.1) is 6.92 Å². The first-order valence-electron chi connectivity index (χ1n) is 7.40. The summed E-state index contributed by atoms with van der Waals surface area (Å²) in [5.41, 5.74) is 2.92. The standard InChI is InChI=1S/C18H17ClN4O/c1-12-9-13(19)3-8-16(12)23-18-10-17(20-11-21-18)22-14-4-6-15(24-2)7-5-14/h3-11H,1-2H3,(H2,20,21,22,23). The molecule has 3 rings (SSSR count). The van der Waals surface area contributed by atoms with E-state index in [0.717, 1.165) is 22.7 Å². The summed E-state index contributed by atoms with van der Waals surface area (Å²) < 4.78 is 5.15. The van der Waals surface area contributed by atoms with Crippen LogP contribution in [0.1, 0.15) is 5.56 Å². The molecule has 1 heterocycles. The van der Waals surface area contributed by atoms with E-state index in [2.05, 4.69) is 20.6 Å². The molecule has 0 atom stereocenters. The highest BCUT2D eigenvalue weighted by Gasteiger charge is 2.03. The molecule has 0 aliphatic carbocycles. The van der Waals surface area contributed by atoms with E-state index in [-0.39, 0.29) is 0 Å². The molecule has 24 heavy (non-hydrogen) atoms. The molecule has 0 aliphatic heterocycles. The van der Waals surface area contributed by atoms with Gasteiger partial charge in [-0.15, -0.1) is 0 Å². The Labute approximate surface area is 145 Å². The minimum absolute atomic E-state index is 0.698. The third-order valence-corrected chi connectivity index (χ3v) is 3.72. The van der Waals surface area contributed by atoms with Crippen molar-refractivity contribution in [2.75, 3.05) is 17.7 Å². The Hall–Kier alpha value is -2.79. The molecule has 0 unspecified atom stereocenters. The quantitative estimate of drug-likeness (QED) is 0.689. The molecule has 5 nitrogen and oxygen atoms in total. The van der Waals surface area contributed by atoms with Gasteiger partial charge in [0.05, 0.1) is 7.11 Å². The largest absolute Gasteiger partial charge is 0.497 e. The van der Waals surface area contributed by atoms with Crippen LogP contribution in [0.4, 0.5) is 23.0 Å². The first-order chi connectivity index (χ1) is 11.6. The molecule has 0 spiro atoms. The van der Waals surface area contributed by atoms with Crippen molar-refractivity contribution in [3.8, 4) is 5.75 Å². The fourth-order valence-electron chi connectivity index (χ4n) is 2.22. The molecule has 0 saturated carbocycles. The zero-order valence-electron chi connectivity index (χ0n) is 13.4. The van der Waals surface area contributed by atoms with Crippen molar-refractivity contribution in [2.24, 2.45) is 0 Å². The van der Waals surface area contributed by atoms with Gasteiger partial charge in [-0.1, -0.05) is 11.6 Å². The summed E-state index contributed by atoms with van der Waals surface area (Å²) >= 11 is 5.98. The van der Waals surface area contributed by atoms with Gasteiger partial charge in [0.15, 0.2) is 0 Å². The predicted octanol–water partition coefficient (Wildman–Crippen LogP) is 4.93. The van der Waals surface area contributed by atoms with Gasteiger partial charge in [0, 0.05) is 22.5 Å². The number of nitrogens with one attached hydrogen (secondary N) is 2. The second kappa shape index (κ2) is 7.19. The third kappa shape index (κ3) is 3.94. The monoisotopic (exact) mass is 340 g/mol. The van der Waals surface area contributed by atoms with Crippen molar-refractivity contribution in [3.63, 3.8) is 0 Å². The molecular weight excluding hydrogens is 324 g/mol. The summed E-state index contributed by atoms with van der Waals surface area (Å²) in [6.07, 6.45) is 1.51. The van der Waals surface area contributed by atoms with E-state index in [1.807, 2.05) is 55.5 Å². The molecular formula is C18H17ClN4O. The number of nitrogens with zero attached hydrogens (tertiary/aromatic N) is 2. The van der Waals surface area contributed by atoms with Gasteiger partial charge < -0.3 is 15.4 Å². The van der Waals surface area contributed by atoms with Gasteiger partial charge >= 0.3 is 0 Å². The number of benzene rings is 2. The molecule has 0 radical (unpaired) electrons. The van der Waals surface area contributed by atoms with Crippen LogP contribution in [0.3, 0.4) is 0 Å². The SMILES string of the molecule is COc1ccc(Nc2cc(Nc3ccc(Cl)cc3C)ncn2)cc1. The van der Waals surface area contributed by atoms with Crippen LogP contribution in [0.5, 0.6) is 5.75 Å². The molecule has 3 aromatic rings. The van der Waals surface area contributed by atoms with Gasteiger partial charge in [-0.2, -0.15) is 0 Å². The average Bonchev–Trinajstić information content (AvgIpc) is 2.58. The van der Waals surface area contributed by atoms with Gasteiger partial charge in [-0.3, -0.25) is 0 Å². The minimum Gasteiger partial charge on any atom is -0.497 e. The van der Waals surface area contributed by atoms with E-state index in [4.69, 9.17) is 16.3 Å². The van der Waals surface area contributed by atoms with Crippen LogP contribution in [-0.4, -0.2) is 17.1 Å². The van der Waals surface area contributed by atoms with Gasteiger partial charge in [0.1, 0.15) is 23.7 Å². The van der Waals surface area contributed by atoms with E-state index in [9.17, 15) is 0 Å². The number of anilines is 4. The molecule has 1 aromatic heterocycles. The lowest BCUT2D eigenvalue weighted by atomic mass is 10.2. The Morgan fingerprint density at radius 2 is 1.62 bits per heavy atom. The number of halogens is 1. The molecule has 6 heteroatoms. The van der Waals surface area contributed by atoms with Crippen LogP contribution in [0.15, 0.2) is 54.9 Å². The Kier molecular flexibility index (Phi) is 4.82. The maximum Gasteiger partial charge on any atom is 0.135 e. The van der Waals surface area contributed by atoms with Crippen molar-refractivity contribution in [1.29, 1.82) is 0 Å². The Morgan fingerprint density at radius 1 is 0.917 bits per heavy atom. The summed E-state index contributed by atoms with van der Waals surface area (Å²) in [5, 5.41) is 7.22. The molecule has 122 valence electrons. The highest BCUT2D eigenvalue weighted by atomic mass is 35.5. The van der Waals surface area contributed by atoms with E-state index in [1.54, 1.807) is 7.11 Å². The third-order valence-electron chi connectivity index (χ3n) is 3.48. The molecule has 0 saturated heterocycles. The molecule has 0 aliphatic rings. The lowest BCUT2D eigenvalue weighted by Crippen LogP contribution is -1.99. The fraction of sp³-hybridized carbons (Fsp3) is 0.111. The van der Waals surface area contributed by atoms with E-state index in [0.29, 0.717) is 16.7 Å². The van der Waals surface area contributed by atoms with E-state index in [1.165, 1.54) is 6.33 Å². The van der Waals surface area contributed by atoms with Gasteiger partial charge in [0.2, 0.25) is 0 Å². The highest BCUT2D eigenvalue weighted by molar-refractivity contribution is 6.30. The number of aromatic nitrogens is 2. The summed E-state index contributed by atoms with van der Waals surface area (Å²) in [5.74, 6) is 2.21. The number of ether oxygens (including phenoxy) is 1. The van der Waals surface area contributed by atoms with E-state index < -0.39 is 0 Å². The van der Waals surface area contributed by atoms with Crippen molar-refractivity contribution < 1.29 is 4.74 Å². The number of hydrogen-bond acceptors (Lipinski definition) is 5. The molecule has 0 bridgehead atoms. The van der Waals surface area contributed by atoms with Crippen molar-refractivity contribution in [1.82, 2.24) is 9.97 Å². The second-order valence-electron chi connectivity index (χ2n) is 5.23. The highest BCUT2D eigenvalue weighted by Crippen LogP contribution is 2.24. The normalized spacial score (nSPS) is 10.3. The Morgan fingerprint density at radius 3 is 2.29 bits per heavy atom. The van der Waals surface area contributed by atoms with Crippen molar-refractivity contribution in [2.45, 2.75) is 6.92 Å². The van der Waals surface area contributed by atoms with Gasteiger partial charge in [0.25, 0.3) is 0 Å². The summed E-state index contributed by atoms with van der Waals surface area (Å²) in [4.78, 5) is 8.49.